The molecule has 254 valence electrons. The number of ether oxygens (including phenoxy) is 5. The first-order valence-corrected chi connectivity index (χ1v) is 17.3. The number of carbonyl (C=O) groups excluding carboxylic acids is 1. The van der Waals surface area contributed by atoms with Crippen LogP contribution in [0, 0.1) is 11.8 Å². The van der Waals surface area contributed by atoms with E-state index in [2.05, 4.69) is 5.32 Å². The average Bonchev–Trinajstić information content (AvgIpc) is 3.69. The number of nitrogens with zero attached hydrogens (tertiary/aromatic N) is 1. The van der Waals surface area contributed by atoms with Crippen molar-refractivity contribution in [3.63, 3.8) is 0 Å². The number of carbonyl (C=O) groups is 1. The van der Waals surface area contributed by atoms with Crippen molar-refractivity contribution >= 4 is 16.1 Å². The summed E-state index contributed by atoms with van der Waals surface area (Å²) >= 11 is 0. The smallest absolute Gasteiger partial charge is 0.407 e. The van der Waals surface area contributed by atoms with Gasteiger partial charge in [-0.05, 0) is 60.2 Å². The van der Waals surface area contributed by atoms with Crippen molar-refractivity contribution in [2.24, 2.45) is 11.8 Å². The summed E-state index contributed by atoms with van der Waals surface area (Å²) in [5.74, 6) is 1.15. The molecule has 2 saturated heterocycles. The molecule has 1 amide bonds. The van der Waals surface area contributed by atoms with Gasteiger partial charge >= 0.3 is 6.09 Å². The lowest BCUT2D eigenvalue weighted by molar-refractivity contribution is -0.0907. The second kappa shape index (κ2) is 15.5. The topological polar surface area (TPSA) is 133 Å². The molecule has 0 aliphatic carbocycles. The molecule has 5 atom stereocenters. The van der Waals surface area contributed by atoms with Crippen molar-refractivity contribution in [3.05, 3.63) is 78.4 Å². The van der Waals surface area contributed by atoms with Crippen molar-refractivity contribution in [1.29, 1.82) is 0 Å². The summed E-state index contributed by atoms with van der Waals surface area (Å²) in [6, 6.07) is 20.6. The fourth-order valence-electron chi connectivity index (χ4n) is 6.07. The zero-order valence-electron chi connectivity index (χ0n) is 27.2. The molecule has 0 aromatic heterocycles. The molecule has 2 fully saturated rings. The van der Waals surface area contributed by atoms with Gasteiger partial charge in [-0.2, -0.15) is 4.31 Å². The Morgan fingerprint density at radius 2 is 1.77 bits per heavy atom. The highest BCUT2D eigenvalue weighted by Crippen LogP contribution is 2.33. The maximum Gasteiger partial charge on any atom is 0.407 e. The average molecular weight is 669 g/mol. The molecule has 0 saturated carbocycles. The van der Waals surface area contributed by atoms with Gasteiger partial charge in [0.25, 0.3) is 0 Å². The molecule has 2 N–H and O–H groups in total. The number of nitrogens with one attached hydrogen (secondary N) is 1. The maximum absolute atomic E-state index is 13.8. The van der Waals surface area contributed by atoms with Crippen molar-refractivity contribution in [2.45, 2.75) is 56.1 Å². The van der Waals surface area contributed by atoms with Gasteiger partial charge in [-0.15, -0.1) is 0 Å². The third-order valence-corrected chi connectivity index (χ3v) is 10.3. The SMILES string of the molecule is COc1ccc(S(=O)(=O)N(CC(C)C)C[C@@H](O)[C@H](Cc2cccc(-c3ccccc3OC)c2)NC(=O)O[C@H]2CO[C@H]3OCC[C@H]32)cc1. The molecule has 11 nitrogen and oxygen atoms in total. The number of aliphatic hydroxyl groups is 1. The third-order valence-electron chi connectivity index (χ3n) is 8.47. The van der Waals surface area contributed by atoms with E-state index >= 15 is 0 Å². The van der Waals surface area contributed by atoms with Gasteiger partial charge in [0.2, 0.25) is 10.0 Å². The fourth-order valence-corrected chi connectivity index (χ4v) is 7.69. The number of para-hydroxylation sites is 1. The molecule has 2 aliphatic rings. The fraction of sp³-hybridized carbons (Fsp3) is 0.457. The van der Waals surface area contributed by atoms with Crippen LogP contribution in [0.1, 0.15) is 25.8 Å². The number of methoxy groups -OCH3 is 2. The predicted octanol–water partition coefficient (Wildman–Crippen LogP) is 4.48. The Labute approximate surface area is 276 Å². The van der Waals surface area contributed by atoms with E-state index < -0.39 is 34.4 Å². The number of aliphatic hydroxyl groups excluding tert-OH is 1. The summed E-state index contributed by atoms with van der Waals surface area (Å²) in [6.07, 6.45) is -1.95. The molecule has 0 radical (unpaired) electrons. The number of rotatable bonds is 14. The number of fused-ring (bicyclic) bond motifs is 1. The van der Waals surface area contributed by atoms with Gasteiger partial charge in [-0.1, -0.05) is 56.3 Å². The van der Waals surface area contributed by atoms with Crippen LogP contribution in [-0.4, -0.2) is 89.0 Å². The van der Waals surface area contributed by atoms with Crippen LogP contribution in [0.4, 0.5) is 4.79 Å². The van der Waals surface area contributed by atoms with Gasteiger partial charge in [-0.3, -0.25) is 0 Å². The molecule has 12 heteroatoms. The number of alkyl carbamates (subject to hydrolysis) is 1. The molecule has 2 aliphatic heterocycles. The minimum Gasteiger partial charge on any atom is -0.497 e. The number of hydrogen-bond donors (Lipinski definition) is 2. The molecular formula is C35H44N2O9S. The monoisotopic (exact) mass is 668 g/mol. The highest BCUT2D eigenvalue weighted by molar-refractivity contribution is 7.89. The number of benzene rings is 3. The Morgan fingerprint density at radius 1 is 1.00 bits per heavy atom. The van der Waals surface area contributed by atoms with Crippen LogP contribution < -0.4 is 14.8 Å². The van der Waals surface area contributed by atoms with E-state index in [0.717, 1.165) is 23.1 Å². The summed E-state index contributed by atoms with van der Waals surface area (Å²) in [5, 5.41) is 14.6. The molecule has 3 aromatic carbocycles. The standard InChI is InChI=1S/C35H44N2O9S/c1-23(2)20-37(47(40,41)27-14-12-26(42-3)13-15-27)21-31(38)30(36-35(39)46-33-22-45-34-29(33)16-17-44-34)19-24-8-7-9-25(18-24)28-10-5-6-11-32(28)43-4/h5-15,18,23,29-31,33-34,38H,16-17,19-22H2,1-4H3,(H,36,39)/t29-,30-,31+,33-,34+/m0/s1. The Morgan fingerprint density at radius 3 is 2.49 bits per heavy atom. The van der Waals surface area contributed by atoms with Crippen LogP contribution in [-0.2, 0) is 30.7 Å². The van der Waals surface area contributed by atoms with Gasteiger partial charge in [-0.25, -0.2) is 13.2 Å². The summed E-state index contributed by atoms with van der Waals surface area (Å²) in [7, 11) is -0.878. The van der Waals surface area contributed by atoms with E-state index in [0.29, 0.717) is 18.1 Å². The van der Waals surface area contributed by atoms with Crippen LogP contribution in [0.2, 0.25) is 0 Å². The van der Waals surface area contributed by atoms with Crippen LogP contribution in [0.5, 0.6) is 11.5 Å². The minimum atomic E-state index is -4.00. The van der Waals surface area contributed by atoms with Gasteiger partial charge in [0.05, 0.1) is 50.4 Å². The summed E-state index contributed by atoms with van der Waals surface area (Å²) in [4.78, 5) is 13.4. The van der Waals surface area contributed by atoms with Crippen LogP contribution in [0.3, 0.4) is 0 Å². The zero-order chi connectivity index (χ0) is 33.6. The predicted molar refractivity (Wildman–Crippen MR) is 176 cm³/mol. The lowest BCUT2D eigenvalue weighted by Crippen LogP contribution is -2.51. The molecule has 5 rings (SSSR count). The molecule has 2 heterocycles. The number of hydrogen-bond acceptors (Lipinski definition) is 9. The lowest BCUT2D eigenvalue weighted by atomic mass is 9.96. The summed E-state index contributed by atoms with van der Waals surface area (Å²) in [6.45, 7) is 4.48. The van der Waals surface area contributed by atoms with Crippen molar-refractivity contribution in [1.82, 2.24) is 9.62 Å². The van der Waals surface area contributed by atoms with Gasteiger partial charge in [0.1, 0.15) is 17.6 Å². The Kier molecular flexibility index (Phi) is 11.4. The van der Waals surface area contributed by atoms with E-state index in [-0.39, 0.29) is 49.1 Å². The van der Waals surface area contributed by atoms with E-state index in [9.17, 15) is 18.3 Å². The Bertz CT molecular complexity index is 1600. The normalized spacial score (nSPS) is 20.5. The largest absolute Gasteiger partial charge is 0.497 e. The molecule has 3 aromatic rings. The molecule has 0 spiro atoms. The maximum atomic E-state index is 13.8. The number of amides is 1. The van der Waals surface area contributed by atoms with E-state index in [1.807, 2.05) is 62.4 Å². The van der Waals surface area contributed by atoms with Crippen LogP contribution >= 0.6 is 0 Å². The first-order chi connectivity index (χ1) is 22.6. The second-order valence-corrected chi connectivity index (χ2v) is 14.2. The van der Waals surface area contributed by atoms with Gasteiger partial charge < -0.3 is 34.1 Å². The quantitative estimate of drug-likeness (QED) is 0.255. The van der Waals surface area contributed by atoms with Crippen molar-refractivity contribution in [2.75, 3.05) is 40.5 Å². The molecule has 47 heavy (non-hydrogen) atoms. The first-order valence-electron chi connectivity index (χ1n) is 15.8. The minimum absolute atomic E-state index is 0.0342. The van der Waals surface area contributed by atoms with E-state index in [1.54, 1.807) is 19.2 Å². The molecular weight excluding hydrogens is 624 g/mol. The van der Waals surface area contributed by atoms with Crippen molar-refractivity contribution < 1.29 is 42.0 Å². The lowest BCUT2D eigenvalue weighted by Gasteiger charge is -2.31. The van der Waals surface area contributed by atoms with Crippen LogP contribution in [0.25, 0.3) is 11.1 Å². The zero-order valence-corrected chi connectivity index (χ0v) is 28.0. The summed E-state index contributed by atoms with van der Waals surface area (Å²) in [5.41, 5.74) is 2.61. The van der Waals surface area contributed by atoms with Gasteiger partial charge in [0.15, 0.2) is 6.29 Å². The van der Waals surface area contributed by atoms with E-state index in [4.69, 9.17) is 23.7 Å². The first kappa shape index (κ1) is 34.6. The van der Waals surface area contributed by atoms with Crippen LogP contribution in [0.15, 0.2) is 77.7 Å². The Balaban J connectivity index is 1.40. The van der Waals surface area contributed by atoms with Crippen molar-refractivity contribution in [3.8, 4) is 22.6 Å². The number of sulfonamides is 1. The summed E-state index contributed by atoms with van der Waals surface area (Å²) < 4.78 is 56.6. The second-order valence-electron chi connectivity index (χ2n) is 12.3. The molecule has 0 bridgehead atoms. The molecule has 0 unspecified atom stereocenters. The van der Waals surface area contributed by atoms with Gasteiger partial charge in [0, 0.05) is 18.7 Å². The highest BCUT2D eigenvalue weighted by Gasteiger charge is 2.44. The third kappa shape index (κ3) is 8.43. The highest BCUT2D eigenvalue weighted by atomic mass is 32.2. The van der Waals surface area contributed by atoms with E-state index in [1.165, 1.54) is 23.5 Å². The Hall–Kier alpha value is -3.68.